The largest absolute Gasteiger partial charge is 0.444 e. The number of carbonyl (C=O) groups is 6. The molecule has 2 fully saturated rings. The molecule has 0 bridgehead atoms. The van der Waals surface area contributed by atoms with Crippen molar-refractivity contribution in [1.29, 1.82) is 0 Å². The topological polar surface area (TPSA) is 159 Å². The van der Waals surface area contributed by atoms with Gasteiger partial charge >= 0.3 is 5.97 Å². The van der Waals surface area contributed by atoms with Gasteiger partial charge in [-0.1, -0.05) is 26.8 Å². The van der Waals surface area contributed by atoms with Gasteiger partial charge in [-0.3, -0.25) is 33.7 Å². The van der Waals surface area contributed by atoms with Crippen LogP contribution in [0.25, 0.3) is 0 Å². The van der Waals surface area contributed by atoms with E-state index in [0.717, 1.165) is 22.6 Å². The minimum absolute atomic E-state index is 0.0280. The van der Waals surface area contributed by atoms with Crippen LogP contribution in [0.3, 0.4) is 0 Å². The summed E-state index contributed by atoms with van der Waals surface area (Å²) < 4.78 is 11.2. The summed E-state index contributed by atoms with van der Waals surface area (Å²) in [5.41, 5.74) is -0.617. The second kappa shape index (κ2) is 12.3. The van der Waals surface area contributed by atoms with Crippen LogP contribution in [0.5, 0.6) is 0 Å². The molecule has 246 valence electrons. The van der Waals surface area contributed by atoms with Gasteiger partial charge < -0.3 is 19.4 Å². The molecule has 13 nitrogen and oxygen atoms in total. The fraction of sp³-hybridized carbons (Fsp3) is 0.545. The molecule has 1 unspecified atom stereocenters. The number of imide groups is 2. The van der Waals surface area contributed by atoms with Gasteiger partial charge in [0, 0.05) is 36.5 Å². The highest BCUT2D eigenvalue weighted by molar-refractivity contribution is 6.25. The van der Waals surface area contributed by atoms with E-state index < -0.39 is 53.2 Å². The van der Waals surface area contributed by atoms with Gasteiger partial charge in [0.1, 0.15) is 11.8 Å². The van der Waals surface area contributed by atoms with Crippen molar-refractivity contribution in [3.8, 4) is 0 Å². The van der Waals surface area contributed by atoms with Crippen LogP contribution >= 0.6 is 0 Å². The summed E-state index contributed by atoms with van der Waals surface area (Å²) in [6.45, 7) is 11.6. The average molecular weight is 636 g/mol. The van der Waals surface area contributed by atoms with Crippen LogP contribution in [-0.2, 0) is 30.5 Å². The summed E-state index contributed by atoms with van der Waals surface area (Å²) in [5.74, 6) is -1.85. The molecule has 2 aromatic rings. The maximum atomic E-state index is 13.7. The summed E-state index contributed by atoms with van der Waals surface area (Å²) in [4.78, 5) is 85.9. The number of anilines is 1. The molecular weight excluding hydrogens is 594 g/mol. The monoisotopic (exact) mass is 635 g/mol. The van der Waals surface area contributed by atoms with Gasteiger partial charge in [-0.15, -0.1) is 0 Å². The third kappa shape index (κ3) is 6.40. The fourth-order valence-electron chi connectivity index (χ4n) is 5.85. The molecule has 0 aliphatic carbocycles. The first-order chi connectivity index (χ1) is 21.6. The minimum Gasteiger partial charge on any atom is -0.444 e. The van der Waals surface area contributed by atoms with Crippen molar-refractivity contribution in [2.24, 2.45) is 10.8 Å². The van der Waals surface area contributed by atoms with Crippen molar-refractivity contribution in [1.82, 2.24) is 19.7 Å². The molecule has 5 rings (SSSR count). The SMILES string of the molecule is CC(C)(C)C(=O)OCN1C(=O)CCC(N2C(=O)c3cccc(NCc4cnc(C5CCN(C(=O)C(C)(C)C)CC5)o4)c3C2=O)C1=O. The van der Waals surface area contributed by atoms with Gasteiger partial charge in [0.2, 0.25) is 11.8 Å². The Morgan fingerprint density at radius 3 is 2.33 bits per heavy atom. The molecule has 1 aromatic heterocycles. The third-order valence-electron chi connectivity index (χ3n) is 8.48. The van der Waals surface area contributed by atoms with Crippen LogP contribution in [0.2, 0.25) is 0 Å². The number of ether oxygens (including phenoxy) is 1. The van der Waals surface area contributed by atoms with Crippen molar-refractivity contribution in [3.05, 3.63) is 47.2 Å². The van der Waals surface area contributed by atoms with E-state index in [9.17, 15) is 28.8 Å². The van der Waals surface area contributed by atoms with Gasteiger partial charge in [-0.25, -0.2) is 9.88 Å². The number of nitrogens with one attached hydrogen (secondary N) is 1. The predicted octanol–water partition coefficient (Wildman–Crippen LogP) is 3.70. The quantitative estimate of drug-likeness (QED) is 0.351. The van der Waals surface area contributed by atoms with E-state index in [1.807, 2.05) is 25.7 Å². The number of oxazole rings is 1. The van der Waals surface area contributed by atoms with Gasteiger partial charge in [0.25, 0.3) is 17.7 Å². The molecule has 2 saturated heterocycles. The number of carbonyl (C=O) groups excluding carboxylic acids is 6. The van der Waals surface area contributed by atoms with Crippen molar-refractivity contribution in [2.45, 2.75) is 85.7 Å². The van der Waals surface area contributed by atoms with Crippen LogP contribution in [0.1, 0.15) is 106 Å². The fourth-order valence-corrected chi connectivity index (χ4v) is 5.85. The Bertz CT molecular complexity index is 1570. The molecular formula is C33H41N5O8. The van der Waals surface area contributed by atoms with E-state index in [-0.39, 0.29) is 42.3 Å². The average Bonchev–Trinajstić information content (AvgIpc) is 3.57. The highest BCUT2D eigenvalue weighted by Crippen LogP contribution is 2.34. The number of esters is 1. The second-order valence-electron chi connectivity index (χ2n) is 14.1. The van der Waals surface area contributed by atoms with E-state index in [2.05, 4.69) is 10.3 Å². The van der Waals surface area contributed by atoms with Gasteiger partial charge in [0.05, 0.1) is 29.3 Å². The Balaban J connectivity index is 1.24. The number of hydrogen-bond donors (Lipinski definition) is 1. The lowest BCUT2D eigenvalue weighted by Crippen LogP contribution is -2.56. The molecule has 1 aromatic carbocycles. The number of amides is 5. The van der Waals surface area contributed by atoms with Crippen molar-refractivity contribution < 1.29 is 37.9 Å². The molecule has 3 aliphatic heterocycles. The Kier molecular flexibility index (Phi) is 8.80. The lowest BCUT2D eigenvalue weighted by atomic mass is 9.91. The van der Waals surface area contributed by atoms with E-state index in [0.29, 0.717) is 30.4 Å². The first kappa shape index (κ1) is 32.8. The van der Waals surface area contributed by atoms with Crippen LogP contribution in [0, 0.1) is 10.8 Å². The summed E-state index contributed by atoms with van der Waals surface area (Å²) in [6.07, 6.45) is 2.99. The molecule has 46 heavy (non-hydrogen) atoms. The number of hydrogen-bond acceptors (Lipinski definition) is 10. The van der Waals surface area contributed by atoms with Crippen molar-refractivity contribution >= 4 is 41.2 Å². The maximum Gasteiger partial charge on any atom is 0.312 e. The van der Waals surface area contributed by atoms with Crippen molar-refractivity contribution in [3.63, 3.8) is 0 Å². The first-order valence-corrected chi connectivity index (χ1v) is 15.6. The smallest absolute Gasteiger partial charge is 0.312 e. The van der Waals surface area contributed by atoms with E-state index in [4.69, 9.17) is 9.15 Å². The Morgan fingerprint density at radius 1 is 0.978 bits per heavy atom. The van der Waals surface area contributed by atoms with Gasteiger partial charge in [-0.05, 0) is 52.2 Å². The standard InChI is InChI=1S/C33H41N5O8/c1-32(2,3)30(43)36-14-12-19(13-15-36)26-35-17-20(46-26)16-34-22-9-7-8-21-25(22)29(42)38(27(21)40)23-10-11-24(39)37(28(23)41)18-45-31(44)33(4,5)6/h7-9,17,19,23,34H,10-16,18H2,1-6H3. The van der Waals surface area contributed by atoms with Gasteiger partial charge in [-0.2, -0.15) is 0 Å². The highest BCUT2D eigenvalue weighted by atomic mass is 16.5. The number of benzene rings is 1. The number of likely N-dealkylation sites (tertiary alicyclic amines) is 2. The molecule has 4 heterocycles. The molecule has 0 saturated carbocycles. The Labute approximate surface area is 267 Å². The molecule has 5 amide bonds. The molecule has 0 radical (unpaired) electrons. The number of aromatic nitrogens is 1. The summed E-state index contributed by atoms with van der Waals surface area (Å²) in [5, 5.41) is 3.17. The summed E-state index contributed by atoms with van der Waals surface area (Å²) in [6, 6.07) is 3.61. The van der Waals surface area contributed by atoms with Crippen LogP contribution in [0.15, 0.2) is 28.8 Å². The molecule has 0 spiro atoms. The maximum absolute atomic E-state index is 13.7. The molecule has 1 atom stereocenters. The van der Waals surface area contributed by atoms with Crippen molar-refractivity contribution in [2.75, 3.05) is 25.1 Å². The number of fused-ring (bicyclic) bond motifs is 1. The predicted molar refractivity (Wildman–Crippen MR) is 164 cm³/mol. The zero-order chi connectivity index (χ0) is 33.6. The Morgan fingerprint density at radius 2 is 1.67 bits per heavy atom. The zero-order valence-electron chi connectivity index (χ0n) is 27.2. The number of nitrogens with zero attached hydrogens (tertiary/aromatic N) is 4. The third-order valence-corrected chi connectivity index (χ3v) is 8.48. The minimum atomic E-state index is -1.21. The summed E-state index contributed by atoms with van der Waals surface area (Å²) in [7, 11) is 0. The van der Waals surface area contributed by atoms with Crippen LogP contribution in [-0.4, -0.2) is 81.1 Å². The lowest BCUT2D eigenvalue weighted by molar-refractivity contribution is -0.168. The molecule has 3 aliphatic rings. The second-order valence-corrected chi connectivity index (χ2v) is 14.1. The van der Waals surface area contributed by atoms with Crippen LogP contribution < -0.4 is 5.32 Å². The molecule has 1 N–H and O–H groups in total. The molecule has 13 heteroatoms. The normalized spacial score (nSPS) is 19.5. The number of rotatable bonds is 7. The number of piperidine rings is 2. The van der Waals surface area contributed by atoms with Gasteiger partial charge in [0.15, 0.2) is 12.6 Å². The first-order valence-electron chi connectivity index (χ1n) is 15.6. The lowest BCUT2D eigenvalue weighted by Gasteiger charge is -2.34. The van der Waals surface area contributed by atoms with E-state index in [1.165, 1.54) is 6.07 Å². The van der Waals surface area contributed by atoms with E-state index in [1.54, 1.807) is 39.1 Å². The zero-order valence-corrected chi connectivity index (χ0v) is 27.2. The van der Waals surface area contributed by atoms with Crippen LogP contribution in [0.4, 0.5) is 5.69 Å². The van der Waals surface area contributed by atoms with E-state index >= 15 is 0 Å². The Hall–Kier alpha value is -4.55. The summed E-state index contributed by atoms with van der Waals surface area (Å²) >= 11 is 0. The highest BCUT2D eigenvalue weighted by Gasteiger charge is 2.48.